The third-order valence-electron chi connectivity index (χ3n) is 3.26. The fourth-order valence-corrected chi connectivity index (χ4v) is 2.45. The van der Waals surface area contributed by atoms with Gasteiger partial charge in [0, 0.05) is 0 Å². The molecule has 0 fully saturated rings. The summed E-state index contributed by atoms with van der Waals surface area (Å²) in [5.74, 6) is 0.609. The van der Waals surface area contributed by atoms with Crippen molar-refractivity contribution in [1.29, 1.82) is 0 Å². The van der Waals surface area contributed by atoms with Gasteiger partial charge >= 0.3 is 0 Å². The molecule has 0 bridgehead atoms. The number of rotatable bonds is 5. The van der Waals surface area contributed by atoms with Gasteiger partial charge in [0.1, 0.15) is 5.78 Å². The van der Waals surface area contributed by atoms with Gasteiger partial charge in [-0.2, -0.15) is 0 Å². The molecular formula is C18H24O. The van der Waals surface area contributed by atoms with E-state index in [0.29, 0.717) is 5.92 Å². The quantitative estimate of drug-likeness (QED) is 0.646. The van der Waals surface area contributed by atoms with Crippen molar-refractivity contribution in [3.8, 4) is 0 Å². The van der Waals surface area contributed by atoms with Crippen LogP contribution in [0, 0.1) is 11.8 Å². The van der Waals surface area contributed by atoms with E-state index in [1.807, 2.05) is 44.2 Å². The average molecular weight is 256 g/mol. The maximum atomic E-state index is 12.1. The molecule has 0 aromatic carbocycles. The van der Waals surface area contributed by atoms with Gasteiger partial charge in [-0.15, -0.1) is 0 Å². The van der Waals surface area contributed by atoms with E-state index in [4.69, 9.17) is 0 Å². The van der Waals surface area contributed by atoms with E-state index in [2.05, 4.69) is 25.2 Å². The highest BCUT2D eigenvalue weighted by Gasteiger charge is 2.23. The van der Waals surface area contributed by atoms with Crippen molar-refractivity contribution in [2.75, 3.05) is 0 Å². The predicted molar refractivity (Wildman–Crippen MR) is 82.9 cm³/mol. The number of carbonyl (C=O) groups excluding carboxylic acids is 1. The van der Waals surface area contributed by atoms with Crippen molar-refractivity contribution >= 4 is 5.78 Å². The molecule has 1 aliphatic carbocycles. The van der Waals surface area contributed by atoms with Gasteiger partial charge in [-0.3, -0.25) is 4.79 Å². The van der Waals surface area contributed by atoms with E-state index >= 15 is 0 Å². The van der Waals surface area contributed by atoms with Gasteiger partial charge in [0.15, 0.2) is 0 Å². The molecule has 0 saturated carbocycles. The van der Waals surface area contributed by atoms with Crippen LogP contribution in [-0.4, -0.2) is 5.78 Å². The second-order valence-corrected chi connectivity index (χ2v) is 5.04. The fraction of sp³-hybridized carbons (Fsp3) is 0.389. The van der Waals surface area contributed by atoms with Gasteiger partial charge in [0.25, 0.3) is 0 Å². The number of Topliss-reactive ketones (excluding diaryl/α,β-unsaturated/α-hetero) is 1. The first-order valence-electron chi connectivity index (χ1n) is 6.93. The predicted octanol–water partition coefficient (Wildman–Crippen LogP) is 4.79. The Hall–Kier alpha value is -1.63. The van der Waals surface area contributed by atoms with Gasteiger partial charge in [0.2, 0.25) is 0 Å². The minimum Gasteiger partial charge on any atom is -0.299 e. The lowest BCUT2D eigenvalue weighted by Crippen LogP contribution is -2.18. The third-order valence-corrected chi connectivity index (χ3v) is 3.26. The van der Waals surface area contributed by atoms with Gasteiger partial charge in [-0.05, 0) is 38.7 Å². The molecule has 0 N–H and O–H groups in total. The molecule has 0 aliphatic heterocycles. The Bertz CT molecular complexity index is 458. The zero-order valence-electron chi connectivity index (χ0n) is 12.4. The third kappa shape index (κ3) is 4.51. The van der Waals surface area contributed by atoms with Crippen molar-refractivity contribution in [2.45, 2.75) is 34.1 Å². The number of hydrogen-bond donors (Lipinski definition) is 0. The van der Waals surface area contributed by atoms with Crippen LogP contribution in [0.4, 0.5) is 0 Å². The standard InChI is InChI=1S/C18H24O/c1-5-7-11-16(9-6-2)18(15(4)19)17-12-8-10-14(3)13-17/h5-12,14,18H,13H2,1-4H3/b7-5-,9-6-,16-11+. The van der Waals surface area contributed by atoms with Crippen LogP contribution in [0.5, 0.6) is 0 Å². The molecule has 102 valence electrons. The van der Waals surface area contributed by atoms with Crippen molar-refractivity contribution in [3.63, 3.8) is 0 Å². The summed E-state index contributed by atoms with van der Waals surface area (Å²) in [6, 6.07) is 0. The summed E-state index contributed by atoms with van der Waals surface area (Å²) >= 11 is 0. The summed E-state index contributed by atoms with van der Waals surface area (Å²) in [7, 11) is 0. The van der Waals surface area contributed by atoms with E-state index < -0.39 is 0 Å². The summed E-state index contributed by atoms with van der Waals surface area (Å²) in [4.78, 5) is 12.1. The second-order valence-electron chi connectivity index (χ2n) is 5.04. The lowest BCUT2D eigenvalue weighted by molar-refractivity contribution is -0.118. The summed E-state index contributed by atoms with van der Waals surface area (Å²) in [6.07, 6.45) is 17.4. The van der Waals surface area contributed by atoms with Gasteiger partial charge in [-0.1, -0.05) is 61.1 Å². The fourth-order valence-electron chi connectivity index (χ4n) is 2.45. The maximum absolute atomic E-state index is 12.1. The second kappa shape index (κ2) is 7.73. The molecule has 1 heteroatoms. The number of ketones is 1. The molecule has 1 rings (SSSR count). The van der Waals surface area contributed by atoms with Crippen LogP contribution < -0.4 is 0 Å². The summed E-state index contributed by atoms with van der Waals surface area (Å²) < 4.78 is 0. The zero-order valence-corrected chi connectivity index (χ0v) is 12.4. The molecule has 0 radical (unpaired) electrons. The Balaban J connectivity index is 3.15. The normalized spacial score (nSPS) is 22.0. The Morgan fingerprint density at radius 2 is 2.11 bits per heavy atom. The van der Waals surface area contributed by atoms with Crippen LogP contribution in [0.1, 0.15) is 34.1 Å². The molecule has 0 aromatic heterocycles. The Morgan fingerprint density at radius 3 is 2.63 bits per heavy atom. The summed E-state index contributed by atoms with van der Waals surface area (Å²) in [6.45, 7) is 7.84. The molecule has 2 atom stereocenters. The first-order chi connectivity index (χ1) is 9.10. The van der Waals surface area contributed by atoms with Crippen molar-refractivity contribution in [1.82, 2.24) is 0 Å². The number of allylic oxidation sites excluding steroid dienone is 10. The molecule has 0 saturated heterocycles. The Labute approximate surface area is 117 Å². The maximum Gasteiger partial charge on any atom is 0.141 e. The highest BCUT2D eigenvalue weighted by molar-refractivity contribution is 5.85. The highest BCUT2D eigenvalue weighted by Crippen LogP contribution is 2.30. The SMILES string of the molecule is C\C=C/C=C(\C=C/C)C(C(C)=O)C1=CC=CC(C)C1. The number of hydrogen-bond acceptors (Lipinski definition) is 1. The summed E-state index contributed by atoms with van der Waals surface area (Å²) in [5.41, 5.74) is 2.29. The van der Waals surface area contributed by atoms with Crippen LogP contribution in [0.3, 0.4) is 0 Å². The van der Waals surface area contributed by atoms with Crippen molar-refractivity contribution in [3.05, 3.63) is 59.8 Å². The van der Waals surface area contributed by atoms with Gasteiger partial charge in [0.05, 0.1) is 5.92 Å². The Morgan fingerprint density at radius 1 is 1.37 bits per heavy atom. The van der Waals surface area contributed by atoms with Crippen LogP contribution in [0.15, 0.2) is 59.8 Å². The first-order valence-corrected chi connectivity index (χ1v) is 6.93. The minimum atomic E-state index is -0.111. The largest absolute Gasteiger partial charge is 0.299 e. The highest BCUT2D eigenvalue weighted by atomic mass is 16.1. The van der Waals surface area contributed by atoms with Gasteiger partial charge < -0.3 is 0 Å². The lowest BCUT2D eigenvalue weighted by Gasteiger charge is -2.23. The molecule has 19 heavy (non-hydrogen) atoms. The molecule has 1 aliphatic rings. The van der Waals surface area contributed by atoms with Crippen LogP contribution in [0.25, 0.3) is 0 Å². The van der Waals surface area contributed by atoms with E-state index in [-0.39, 0.29) is 11.7 Å². The molecular weight excluding hydrogens is 232 g/mol. The summed E-state index contributed by atoms with van der Waals surface area (Å²) in [5, 5.41) is 0. The molecule has 0 aromatic rings. The average Bonchev–Trinajstić information content (AvgIpc) is 2.36. The minimum absolute atomic E-state index is 0.111. The van der Waals surface area contributed by atoms with Crippen LogP contribution in [0.2, 0.25) is 0 Å². The van der Waals surface area contributed by atoms with E-state index in [0.717, 1.165) is 12.0 Å². The van der Waals surface area contributed by atoms with Crippen molar-refractivity contribution in [2.24, 2.45) is 11.8 Å². The molecule has 2 unspecified atom stereocenters. The monoisotopic (exact) mass is 256 g/mol. The van der Waals surface area contributed by atoms with E-state index in [9.17, 15) is 4.79 Å². The van der Waals surface area contributed by atoms with E-state index in [1.54, 1.807) is 6.92 Å². The molecule has 0 spiro atoms. The zero-order chi connectivity index (χ0) is 14.3. The van der Waals surface area contributed by atoms with Gasteiger partial charge in [-0.25, -0.2) is 0 Å². The molecule has 0 amide bonds. The molecule has 1 nitrogen and oxygen atoms in total. The topological polar surface area (TPSA) is 17.1 Å². The van der Waals surface area contributed by atoms with Crippen LogP contribution in [-0.2, 0) is 4.79 Å². The van der Waals surface area contributed by atoms with Crippen LogP contribution >= 0.6 is 0 Å². The smallest absolute Gasteiger partial charge is 0.141 e. The molecule has 0 heterocycles. The lowest BCUT2D eigenvalue weighted by atomic mass is 9.80. The van der Waals surface area contributed by atoms with E-state index in [1.165, 1.54) is 5.57 Å². The Kier molecular flexibility index (Phi) is 6.27. The first kappa shape index (κ1) is 15.4. The number of carbonyl (C=O) groups is 1. The van der Waals surface area contributed by atoms with Crippen molar-refractivity contribution < 1.29 is 4.79 Å².